The van der Waals surface area contributed by atoms with Crippen molar-refractivity contribution in [2.24, 2.45) is 0 Å². The second-order valence-corrected chi connectivity index (χ2v) is 7.06. The molecule has 28 heavy (non-hydrogen) atoms. The highest BCUT2D eigenvalue weighted by Crippen LogP contribution is 2.36. The van der Waals surface area contributed by atoms with E-state index in [2.05, 4.69) is 0 Å². The Labute approximate surface area is 163 Å². The molecule has 0 fully saturated rings. The Morgan fingerprint density at radius 3 is 2.32 bits per heavy atom. The van der Waals surface area contributed by atoms with Crippen molar-refractivity contribution in [3.05, 3.63) is 71.1 Å². The molecule has 6 nitrogen and oxygen atoms in total. The molecule has 144 valence electrons. The first-order chi connectivity index (χ1) is 13.5. The van der Waals surface area contributed by atoms with Gasteiger partial charge in [-0.15, -0.1) is 0 Å². The maximum atomic E-state index is 13.0. The van der Waals surface area contributed by atoms with Gasteiger partial charge in [0.1, 0.15) is 0 Å². The second-order valence-electron chi connectivity index (χ2n) is 7.06. The first kappa shape index (κ1) is 18.1. The van der Waals surface area contributed by atoms with Crippen molar-refractivity contribution >= 4 is 23.2 Å². The minimum atomic E-state index is -0.207. The van der Waals surface area contributed by atoms with Crippen molar-refractivity contribution in [3.8, 4) is 0 Å². The number of benzene rings is 1. The van der Waals surface area contributed by atoms with E-state index in [0.717, 1.165) is 40.9 Å². The summed E-state index contributed by atoms with van der Waals surface area (Å²) in [6, 6.07) is 9.25. The van der Waals surface area contributed by atoms with E-state index in [1.165, 1.54) is 12.5 Å². The average molecular weight is 378 g/mol. The van der Waals surface area contributed by atoms with Crippen LogP contribution in [0, 0.1) is 13.8 Å². The molecule has 3 heterocycles. The Bertz CT molecular complexity index is 1030. The molecule has 0 aliphatic carbocycles. The molecule has 1 aliphatic heterocycles. The largest absolute Gasteiger partial charge is 0.459 e. The topological polar surface area (TPSA) is 66.9 Å². The summed E-state index contributed by atoms with van der Waals surface area (Å²) in [5, 5.41) is 0. The summed E-state index contributed by atoms with van der Waals surface area (Å²) in [5.74, 6) is 0.321. The van der Waals surface area contributed by atoms with E-state index < -0.39 is 0 Å². The number of carbonyl (C=O) groups is 2. The van der Waals surface area contributed by atoms with E-state index in [4.69, 9.17) is 8.83 Å². The van der Waals surface area contributed by atoms with Crippen LogP contribution in [0.25, 0.3) is 0 Å². The number of rotatable bonds is 3. The van der Waals surface area contributed by atoms with Gasteiger partial charge in [-0.05, 0) is 56.5 Å². The fourth-order valence-electron chi connectivity index (χ4n) is 3.70. The van der Waals surface area contributed by atoms with Crippen molar-refractivity contribution in [1.29, 1.82) is 0 Å². The highest BCUT2D eigenvalue weighted by atomic mass is 16.3. The molecular weight excluding hydrogens is 356 g/mol. The Hall–Kier alpha value is -3.28. The highest BCUT2D eigenvalue weighted by Gasteiger charge is 2.30. The SMILES string of the molecule is Cc1ccoc1C(=O)N(C)c1cccc2c1CCCN2C(=O)c1occc1C. The molecule has 1 aliphatic rings. The number of fused-ring (bicyclic) bond motifs is 1. The minimum Gasteiger partial charge on any atom is -0.459 e. The second kappa shape index (κ2) is 7.03. The van der Waals surface area contributed by atoms with Gasteiger partial charge in [0.2, 0.25) is 0 Å². The van der Waals surface area contributed by atoms with Crippen LogP contribution in [0.4, 0.5) is 11.4 Å². The van der Waals surface area contributed by atoms with Gasteiger partial charge in [-0.3, -0.25) is 9.59 Å². The zero-order chi connectivity index (χ0) is 19.8. The number of hydrogen-bond acceptors (Lipinski definition) is 4. The lowest BCUT2D eigenvalue weighted by Gasteiger charge is -2.32. The summed E-state index contributed by atoms with van der Waals surface area (Å²) in [4.78, 5) is 29.3. The molecule has 2 aromatic heterocycles. The predicted molar refractivity (Wildman–Crippen MR) is 106 cm³/mol. The predicted octanol–water partition coefficient (Wildman–Crippen LogP) is 4.36. The van der Waals surface area contributed by atoms with Gasteiger partial charge < -0.3 is 18.6 Å². The Morgan fingerprint density at radius 1 is 1.00 bits per heavy atom. The van der Waals surface area contributed by atoms with Crippen molar-refractivity contribution in [2.45, 2.75) is 26.7 Å². The van der Waals surface area contributed by atoms with Crippen molar-refractivity contribution in [3.63, 3.8) is 0 Å². The molecule has 4 rings (SSSR count). The van der Waals surface area contributed by atoms with Crippen LogP contribution in [0.15, 0.2) is 51.7 Å². The monoisotopic (exact) mass is 378 g/mol. The summed E-state index contributed by atoms with van der Waals surface area (Å²) in [6.07, 6.45) is 4.66. The third-order valence-corrected chi connectivity index (χ3v) is 5.25. The van der Waals surface area contributed by atoms with Crippen molar-refractivity contribution < 1.29 is 18.4 Å². The summed E-state index contributed by atoms with van der Waals surface area (Å²) in [5.41, 5.74) is 4.19. The smallest absolute Gasteiger partial charge is 0.294 e. The van der Waals surface area contributed by atoms with Crippen LogP contribution in [-0.2, 0) is 6.42 Å². The molecule has 3 aromatic rings. The van der Waals surface area contributed by atoms with Gasteiger partial charge in [-0.1, -0.05) is 6.07 Å². The summed E-state index contributed by atoms with van der Waals surface area (Å²) in [6.45, 7) is 4.32. The first-order valence-electron chi connectivity index (χ1n) is 9.29. The number of hydrogen-bond donors (Lipinski definition) is 0. The van der Waals surface area contributed by atoms with Gasteiger partial charge in [0.05, 0.1) is 12.5 Å². The van der Waals surface area contributed by atoms with E-state index in [0.29, 0.717) is 18.1 Å². The molecule has 0 unspecified atom stereocenters. The summed E-state index contributed by atoms with van der Waals surface area (Å²) in [7, 11) is 1.73. The fourth-order valence-corrected chi connectivity index (χ4v) is 3.70. The molecule has 0 atom stereocenters. The average Bonchev–Trinajstić information content (AvgIpc) is 3.33. The Morgan fingerprint density at radius 2 is 1.68 bits per heavy atom. The van der Waals surface area contributed by atoms with Crippen LogP contribution in [-0.4, -0.2) is 25.4 Å². The fraction of sp³-hybridized carbons (Fsp3) is 0.273. The number of carbonyl (C=O) groups excluding carboxylic acids is 2. The standard InChI is InChI=1S/C22H22N2O4/c1-14-9-12-27-19(14)21(25)23(3)17-7-4-8-18-16(17)6-5-11-24(18)22(26)20-15(2)10-13-28-20/h4,7-10,12-13H,5-6,11H2,1-3H3. The third-order valence-electron chi connectivity index (χ3n) is 5.25. The Balaban J connectivity index is 1.71. The van der Waals surface area contributed by atoms with Crippen LogP contribution in [0.2, 0.25) is 0 Å². The van der Waals surface area contributed by atoms with Crippen LogP contribution in [0.3, 0.4) is 0 Å². The van der Waals surface area contributed by atoms with E-state index in [-0.39, 0.29) is 11.8 Å². The quantitative estimate of drug-likeness (QED) is 0.679. The zero-order valence-corrected chi connectivity index (χ0v) is 16.2. The Kier molecular flexibility index (Phi) is 4.55. The van der Waals surface area contributed by atoms with Crippen molar-refractivity contribution in [2.75, 3.05) is 23.4 Å². The number of aryl methyl sites for hydroxylation is 2. The lowest BCUT2D eigenvalue weighted by molar-refractivity contribution is 0.0955. The zero-order valence-electron chi connectivity index (χ0n) is 16.2. The number of nitrogens with zero attached hydrogens (tertiary/aromatic N) is 2. The van der Waals surface area contributed by atoms with Gasteiger partial charge in [-0.2, -0.15) is 0 Å². The molecule has 0 N–H and O–H groups in total. The molecule has 0 radical (unpaired) electrons. The van der Waals surface area contributed by atoms with Gasteiger partial charge >= 0.3 is 0 Å². The maximum Gasteiger partial charge on any atom is 0.294 e. The minimum absolute atomic E-state index is 0.156. The lowest BCUT2D eigenvalue weighted by atomic mass is 9.98. The highest BCUT2D eigenvalue weighted by molar-refractivity contribution is 6.08. The summed E-state index contributed by atoms with van der Waals surface area (Å²) >= 11 is 0. The third kappa shape index (κ3) is 2.91. The molecule has 2 amide bonds. The van der Waals surface area contributed by atoms with Gasteiger partial charge in [0.25, 0.3) is 11.8 Å². The van der Waals surface area contributed by atoms with Gasteiger partial charge in [0, 0.05) is 36.1 Å². The van der Waals surface area contributed by atoms with E-state index in [1.807, 2.05) is 32.0 Å². The number of anilines is 2. The van der Waals surface area contributed by atoms with E-state index >= 15 is 0 Å². The molecule has 0 bridgehead atoms. The number of amides is 2. The molecule has 6 heteroatoms. The van der Waals surface area contributed by atoms with E-state index in [1.54, 1.807) is 29.0 Å². The molecule has 0 saturated heterocycles. The van der Waals surface area contributed by atoms with Crippen LogP contribution < -0.4 is 9.80 Å². The van der Waals surface area contributed by atoms with Gasteiger partial charge in [0.15, 0.2) is 11.5 Å². The van der Waals surface area contributed by atoms with E-state index in [9.17, 15) is 9.59 Å². The van der Waals surface area contributed by atoms with Crippen LogP contribution in [0.1, 0.15) is 44.2 Å². The summed E-state index contributed by atoms with van der Waals surface area (Å²) < 4.78 is 10.8. The first-order valence-corrected chi connectivity index (χ1v) is 9.29. The molecule has 1 aromatic carbocycles. The normalized spacial score (nSPS) is 13.3. The van der Waals surface area contributed by atoms with Gasteiger partial charge in [-0.25, -0.2) is 0 Å². The maximum absolute atomic E-state index is 13.0. The lowest BCUT2D eigenvalue weighted by Crippen LogP contribution is -2.37. The van der Waals surface area contributed by atoms with Crippen LogP contribution in [0.5, 0.6) is 0 Å². The molecular formula is C22H22N2O4. The number of furan rings is 2. The van der Waals surface area contributed by atoms with Crippen molar-refractivity contribution in [1.82, 2.24) is 0 Å². The molecule has 0 saturated carbocycles. The van der Waals surface area contributed by atoms with Crippen LogP contribution >= 0.6 is 0 Å². The molecule has 0 spiro atoms.